The lowest BCUT2D eigenvalue weighted by atomic mass is 9.72. The third kappa shape index (κ3) is 6.81. The molecular weight excluding hydrogens is 518 g/mol. The van der Waals surface area contributed by atoms with Crippen molar-refractivity contribution in [1.82, 2.24) is 0 Å². The highest BCUT2D eigenvalue weighted by atomic mass is 31.1. The standard InChI is InChI=1S/C38H60P2/c1-33(2,3)23-19-26(36(10,11)12)31(27(20-23)37(13,14)15)32(39)40-29-22-38(16,17)28-21-24(34(4,5)6)18-25(30(28)29)35(7,8)9/h18-21,29H,22,39H2,1-17H3. The van der Waals surface area contributed by atoms with E-state index in [1.165, 1.54) is 47.5 Å². The summed E-state index contributed by atoms with van der Waals surface area (Å²) < 4.78 is 0. The van der Waals surface area contributed by atoms with Crippen LogP contribution in [-0.2, 0) is 32.5 Å². The topological polar surface area (TPSA) is 0 Å². The predicted octanol–water partition coefficient (Wildman–Crippen LogP) is 11.9. The van der Waals surface area contributed by atoms with Gasteiger partial charge in [0.15, 0.2) is 0 Å². The summed E-state index contributed by atoms with van der Waals surface area (Å²) in [5, 5.41) is 1.45. The van der Waals surface area contributed by atoms with Crippen LogP contribution < -0.4 is 0 Å². The monoisotopic (exact) mass is 578 g/mol. The normalized spacial score (nSPS) is 18.8. The zero-order chi connectivity index (χ0) is 31.0. The predicted molar refractivity (Wildman–Crippen MR) is 188 cm³/mol. The van der Waals surface area contributed by atoms with Gasteiger partial charge in [0.2, 0.25) is 0 Å². The molecule has 3 rings (SSSR count). The zero-order valence-electron chi connectivity index (χ0n) is 29.1. The van der Waals surface area contributed by atoms with E-state index in [1.54, 1.807) is 16.7 Å². The molecule has 0 aromatic heterocycles. The van der Waals surface area contributed by atoms with Crippen molar-refractivity contribution in [2.75, 3.05) is 0 Å². The molecule has 0 bridgehead atoms. The van der Waals surface area contributed by atoms with Crippen molar-refractivity contribution in [2.45, 2.75) is 162 Å². The van der Waals surface area contributed by atoms with Crippen molar-refractivity contribution in [2.24, 2.45) is 0 Å². The smallest absolute Gasteiger partial charge is 0.0279 e. The van der Waals surface area contributed by atoms with Crippen molar-refractivity contribution in [3.63, 3.8) is 0 Å². The molecule has 0 nitrogen and oxygen atoms in total. The van der Waals surface area contributed by atoms with Crippen LogP contribution in [0.25, 0.3) is 0 Å². The summed E-state index contributed by atoms with van der Waals surface area (Å²) in [6.07, 6.45) is 1.19. The highest BCUT2D eigenvalue weighted by Crippen LogP contribution is 2.56. The van der Waals surface area contributed by atoms with Crippen molar-refractivity contribution < 1.29 is 0 Å². The number of hydrogen-bond donors (Lipinski definition) is 0. The fourth-order valence-corrected chi connectivity index (χ4v) is 8.71. The molecule has 2 heteroatoms. The molecule has 0 amide bonds. The van der Waals surface area contributed by atoms with Crippen LogP contribution in [0.3, 0.4) is 0 Å². The second-order valence-electron chi connectivity index (χ2n) is 18.3. The van der Waals surface area contributed by atoms with E-state index >= 15 is 0 Å². The summed E-state index contributed by atoms with van der Waals surface area (Å²) in [5.74, 6) is 0. The first-order chi connectivity index (χ1) is 17.7. The lowest BCUT2D eigenvalue weighted by Crippen LogP contribution is -2.25. The van der Waals surface area contributed by atoms with E-state index in [2.05, 4.69) is 151 Å². The first-order valence-electron chi connectivity index (χ1n) is 15.4. The molecule has 0 aliphatic heterocycles. The van der Waals surface area contributed by atoms with E-state index in [0.29, 0.717) is 5.66 Å². The Morgan fingerprint density at radius 3 is 1.38 bits per heavy atom. The SMILES string of the molecule is CC(C)(C)c1cc(C(C)(C)C)c(C(P)=PC2CC(C)(C)c3cc(C(C)(C)C)cc(C(C)(C)C)c32)c(C(C)(C)C)c1. The molecule has 222 valence electrons. The molecule has 0 spiro atoms. The van der Waals surface area contributed by atoms with E-state index in [0.717, 1.165) is 0 Å². The third-order valence-electron chi connectivity index (χ3n) is 8.79. The first kappa shape index (κ1) is 33.5. The summed E-state index contributed by atoms with van der Waals surface area (Å²) in [6, 6.07) is 10.1. The van der Waals surface area contributed by atoms with Crippen molar-refractivity contribution in [1.29, 1.82) is 0 Å². The number of benzene rings is 2. The summed E-state index contributed by atoms with van der Waals surface area (Å²) in [5.41, 5.74) is 13.2. The van der Waals surface area contributed by atoms with E-state index in [9.17, 15) is 0 Å². The highest BCUT2D eigenvalue weighted by Gasteiger charge is 2.41. The van der Waals surface area contributed by atoms with E-state index in [-0.39, 0.29) is 32.5 Å². The first-order valence-corrected chi connectivity index (χ1v) is 16.9. The Morgan fingerprint density at radius 1 is 0.625 bits per heavy atom. The number of rotatable bonds is 2. The fourth-order valence-electron chi connectivity index (χ4n) is 6.20. The van der Waals surface area contributed by atoms with Crippen LogP contribution in [0.1, 0.15) is 174 Å². The van der Waals surface area contributed by atoms with Gasteiger partial charge in [0.05, 0.1) is 0 Å². The molecule has 40 heavy (non-hydrogen) atoms. The highest BCUT2D eigenvalue weighted by molar-refractivity contribution is 7.65. The largest absolute Gasteiger partial charge is 0.100 e. The van der Waals surface area contributed by atoms with E-state index in [1.807, 2.05) is 0 Å². The lowest BCUT2D eigenvalue weighted by molar-refractivity contribution is 0.515. The second-order valence-corrected chi connectivity index (χ2v) is 20.7. The number of fused-ring (bicyclic) bond motifs is 1. The summed E-state index contributed by atoms with van der Waals surface area (Å²) in [7, 11) is 4.67. The zero-order valence-corrected chi connectivity index (χ0v) is 31.2. The van der Waals surface area contributed by atoms with Gasteiger partial charge in [-0.15, -0.1) is 9.24 Å². The number of hydrogen-bond acceptors (Lipinski definition) is 0. The average Bonchev–Trinajstić information content (AvgIpc) is 2.98. The quantitative estimate of drug-likeness (QED) is 0.311. The molecule has 1 aliphatic rings. The molecule has 0 saturated heterocycles. The molecule has 2 aromatic carbocycles. The van der Waals surface area contributed by atoms with Crippen LogP contribution in [0.15, 0.2) is 24.3 Å². The van der Waals surface area contributed by atoms with Crippen LogP contribution in [-0.4, -0.2) is 5.03 Å². The summed E-state index contributed by atoms with van der Waals surface area (Å²) in [4.78, 5) is 0. The van der Waals surface area contributed by atoms with Gasteiger partial charge in [-0.1, -0.05) is 150 Å². The van der Waals surface area contributed by atoms with Crippen LogP contribution in [0.2, 0.25) is 0 Å². The minimum absolute atomic E-state index is 0.0545. The molecule has 0 fully saturated rings. The Bertz CT molecular complexity index is 1260. The van der Waals surface area contributed by atoms with Gasteiger partial charge in [-0.25, -0.2) is 0 Å². The molecular formula is C38H60P2. The molecule has 2 unspecified atom stereocenters. The van der Waals surface area contributed by atoms with Crippen molar-refractivity contribution >= 4 is 22.5 Å². The summed E-state index contributed by atoms with van der Waals surface area (Å²) >= 11 is 0. The maximum absolute atomic E-state index is 3.25. The molecule has 0 radical (unpaired) electrons. The fraction of sp³-hybridized carbons (Fsp3) is 0.658. The Hall–Kier alpha value is -0.960. The van der Waals surface area contributed by atoms with Crippen LogP contribution >= 0.6 is 17.4 Å². The molecule has 0 N–H and O–H groups in total. The Balaban J connectivity index is 2.39. The maximum atomic E-state index is 3.25. The van der Waals surface area contributed by atoms with Gasteiger partial charge < -0.3 is 0 Å². The Kier molecular flexibility index (Phi) is 8.67. The van der Waals surface area contributed by atoms with Crippen molar-refractivity contribution in [3.8, 4) is 0 Å². The minimum atomic E-state index is 0.0545. The van der Waals surface area contributed by atoms with Gasteiger partial charge in [-0.3, -0.25) is 0 Å². The van der Waals surface area contributed by atoms with Gasteiger partial charge in [-0.05, 0) is 83.4 Å². The van der Waals surface area contributed by atoms with Gasteiger partial charge in [0.1, 0.15) is 0 Å². The maximum Gasteiger partial charge on any atom is 0.0279 e. The van der Waals surface area contributed by atoms with Gasteiger partial charge in [0.25, 0.3) is 0 Å². The Morgan fingerprint density at radius 2 is 1.00 bits per heavy atom. The van der Waals surface area contributed by atoms with Gasteiger partial charge >= 0.3 is 0 Å². The molecule has 2 aromatic rings. The second kappa shape index (κ2) is 10.3. The minimum Gasteiger partial charge on any atom is -0.100 e. The lowest BCUT2D eigenvalue weighted by Gasteiger charge is -2.34. The molecule has 2 atom stereocenters. The van der Waals surface area contributed by atoms with Crippen molar-refractivity contribution in [3.05, 3.63) is 68.8 Å². The van der Waals surface area contributed by atoms with E-state index in [4.69, 9.17) is 0 Å². The van der Waals surface area contributed by atoms with Gasteiger partial charge in [-0.2, -0.15) is 0 Å². The average molecular weight is 579 g/mol. The Labute approximate surface area is 252 Å². The third-order valence-corrected chi connectivity index (χ3v) is 10.8. The van der Waals surface area contributed by atoms with E-state index < -0.39 is 0 Å². The van der Waals surface area contributed by atoms with Crippen LogP contribution in [0, 0.1) is 0 Å². The molecule has 0 saturated carbocycles. The van der Waals surface area contributed by atoms with Crippen LogP contribution in [0.4, 0.5) is 0 Å². The summed E-state index contributed by atoms with van der Waals surface area (Å²) in [6.45, 7) is 40.6. The van der Waals surface area contributed by atoms with Crippen LogP contribution in [0.5, 0.6) is 0 Å². The van der Waals surface area contributed by atoms with Gasteiger partial charge in [0, 0.05) is 10.7 Å². The molecule has 0 heterocycles. The molecule has 1 aliphatic carbocycles.